The first-order valence-electron chi connectivity index (χ1n) is 7.75. The molecule has 3 nitrogen and oxygen atoms in total. The van der Waals surface area contributed by atoms with E-state index in [9.17, 15) is 4.79 Å². The summed E-state index contributed by atoms with van der Waals surface area (Å²) in [5, 5.41) is 3.33. The van der Waals surface area contributed by atoms with E-state index in [1.54, 1.807) is 0 Å². The van der Waals surface area contributed by atoms with Crippen LogP contribution in [0.1, 0.15) is 32.1 Å². The molecule has 4 atom stereocenters. The van der Waals surface area contributed by atoms with Crippen LogP contribution in [0.3, 0.4) is 0 Å². The molecule has 1 N–H and O–H groups in total. The van der Waals surface area contributed by atoms with Gasteiger partial charge in [0, 0.05) is 25.0 Å². The molecule has 0 aromatic heterocycles. The highest BCUT2D eigenvalue weighted by Gasteiger charge is 2.67. The number of nitrogens with one attached hydrogen (secondary N) is 1. The lowest BCUT2D eigenvalue weighted by Crippen LogP contribution is -2.45. The molecule has 1 aliphatic heterocycles. The Bertz CT molecular complexity index is 346. The predicted octanol–water partition coefficient (Wildman–Crippen LogP) is 1.49. The molecule has 1 amide bonds. The number of fused-ring (bicyclic) bond motifs is 5. The molecule has 1 saturated heterocycles. The van der Waals surface area contributed by atoms with Crippen LogP contribution in [0.5, 0.6) is 0 Å². The van der Waals surface area contributed by atoms with Crippen LogP contribution in [-0.4, -0.2) is 37.0 Å². The molecule has 0 spiro atoms. The van der Waals surface area contributed by atoms with Crippen molar-refractivity contribution in [1.29, 1.82) is 0 Å². The maximum absolute atomic E-state index is 12.6. The van der Waals surface area contributed by atoms with E-state index in [1.165, 1.54) is 19.3 Å². The van der Waals surface area contributed by atoms with Crippen molar-refractivity contribution in [3.8, 4) is 0 Å². The second kappa shape index (κ2) is 3.96. The van der Waals surface area contributed by atoms with E-state index >= 15 is 0 Å². The minimum Gasteiger partial charge on any atom is -0.342 e. The number of amides is 1. The van der Waals surface area contributed by atoms with Gasteiger partial charge in [0.1, 0.15) is 0 Å². The lowest BCUT2D eigenvalue weighted by molar-refractivity contribution is -0.134. The predicted molar refractivity (Wildman–Crippen MR) is 70.0 cm³/mol. The van der Waals surface area contributed by atoms with Crippen molar-refractivity contribution in [3.63, 3.8) is 0 Å². The van der Waals surface area contributed by atoms with Crippen molar-refractivity contribution in [3.05, 3.63) is 0 Å². The minimum atomic E-state index is 0.447. The Labute approximate surface area is 109 Å². The van der Waals surface area contributed by atoms with Crippen LogP contribution in [0.4, 0.5) is 0 Å². The van der Waals surface area contributed by atoms with Crippen molar-refractivity contribution >= 4 is 5.91 Å². The molecule has 0 aromatic rings. The Morgan fingerprint density at radius 1 is 1.06 bits per heavy atom. The van der Waals surface area contributed by atoms with Gasteiger partial charge < -0.3 is 10.2 Å². The second-order valence-corrected chi connectivity index (χ2v) is 6.90. The zero-order chi connectivity index (χ0) is 12.3. The molecule has 4 unspecified atom stereocenters. The largest absolute Gasteiger partial charge is 0.342 e. The minimum absolute atomic E-state index is 0.447. The lowest BCUT2D eigenvalue weighted by atomic mass is 10.00. The number of likely N-dealkylation sites (tertiary alicyclic amines) is 1. The summed E-state index contributed by atoms with van der Waals surface area (Å²) in [6.45, 7) is 1.96. The van der Waals surface area contributed by atoms with Crippen LogP contribution in [-0.2, 0) is 4.79 Å². The fourth-order valence-electron chi connectivity index (χ4n) is 5.25. The van der Waals surface area contributed by atoms with Gasteiger partial charge in [-0.1, -0.05) is 0 Å². The van der Waals surface area contributed by atoms with Gasteiger partial charge >= 0.3 is 0 Å². The van der Waals surface area contributed by atoms with E-state index in [1.807, 2.05) is 7.05 Å². The van der Waals surface area contributed by atoms with Gasteiger partial charge in [0.2, 0.25) is 5.91 Å². The fraction of sp³-hybridized carbons (Fsp3) is 0.933. The van der Waals surface area contributed by atoms with E-state index in [2.05, 4.69) is 10.2 Å². The number of nitrogens with zero attached hydrogens (tertiary/aromatic N) is 1. The van der Waals surface area contributed by atoms with Crippen LogP contribution in [0, 0.1) is 29.6 Å². The molecular formula is C15H24N2O. The maximum Gasteiger partial charge on any atom is 0.226 e. The Morgan fingerprint density at radius 2 is 1.67 bits per heavy atom. The molecule has 1 heterocycles. The topological polar surface area (TPSA) is 32.3 Å². The van der Waals surface area contributed by atoms with Gasteiger partial charge in [-0.2, -0.15) is 0 Å². The standard InChI is InChI=1S/C15H24N2O/c1-16-11-4-6-17(7-5-11)15(18)14-12-9-2-3-10(8-9)13(12)14/h9-14,16H,2-8H2,1H3. The summed E-state index contributed by atoms with van der Waals surface area (Å²) in [4.78, 5) is 14.8. The van der Waals surface area contributed by atoms with E-state index in [4.69, 9.17) is 0 Å². The highest BCUT2D eigenvalue weighted by atomic mass is 16.2. The van der Waals surface area contributed by atoms with Crippen molar-refractivity contribution in [2.24, 2.45) is 29.6 Å². The summed E-state index contributed by atoms with van der Waals surface area (Å²) >= 11 is 0. The third-order valence-electron chi connectivity index (χ3n) is 6.24. The lowest BCUT2D eigenvalue weighted by Gasteiger charge is -2.32. The fourth-order valence-corrected chi connectivity index (χ4v) is 5.25. The molecule has 18 heavy (non-hydrogen) atoms. The van der Waals surface area contributed by atoms with Gasteiger partial charge in [-0.25, -0.2) is 0 Å². The second-order valence-electron chi connectivity index (χ2n) is 6.90. The van der Waals surface area contributed by atoms with Crippen LogP contribution >= 0.6 is 0 Å². The van der Waals surface area contributed by atoms with Gasteiger partial charge in [0.15, 0.2) is 0 Å². The Kier molecular flexibility index (Phi) is 2.48. The van der Waals surface area contributed by atoms with E-state index < -0.39 is 0 Å². The first-order chi connectivity index (χ1) is 8.79. The molecule has 0 aromatic carbocycles. The van der Waals surface area contributed by atoms with E-state index in [-0.39, 0.29) is 0 Å². The van der Waals surface area contributed by atoms with E-state index in [0.717, 1.165) is 49.6 Å². The molecule has 3 saturated carbocycles. The number of hydrogen-bond acceptors (Lipinski definition) is 2. The number of hydrogen-bond donors (Lipinski definition) is 1. The normalized spacial score (nSPS) is 46.3. The highest BCUT2D eigenvalue weighted by Crippen LogP contribution is 2.69. The molecule has 4 fully saturated rings. The molecule has 3 heteroatoms. The van der Waals surface area contributed by atoms with Gasteiger partial charge in [0.05, 0.1) is 0 Å². The highest BCUT2D eigenvalue weighted by molar-refractivity contribution is 5.83. The Balaban J connectivity index is 1.38. The molecule has 4 rings (SSSR count). The van der Waals surface area contributed by atoms with Crippen molar-refractivity contribution in [2.45, 2.75) is 38.1 Å². The quantitative estimate of drug-likeness (QED) is 0.803. The first kappa shape index (κ1) is 11.3. The van der Waals surface area contributed by atoms with Crippen LogP contribution in [0.2, 0.25) is 0 Å². The number of carbonyl (C=O) groups excluding carboxylic acids is 1. The molecule has 3 aliphatic carbocycles. The van der Waals surface area contributed by atoms with Crippen LogP contribution < -0.4 is 5.32 Å². The summed E-state index contributed by atoms with van der Waals surface area (Å²) in [6.07, 6.45) is 6.55. The zero-order valence-corrected chi connectivity index (χ0v) is 11.3. The number of piperidine rings is 1. The third-order valence-corrected chi connectivity index (χ3v) is 6.24. The number of carbonyl (C=O) groups is 1. The third kappa shape index (κ3) is 1.49. The SMILES string of the molecule is CNC1CCN(C(=O)C2C3C4CCC(C4)C23)CC1. The van der Waals surface area contributed by atoms with Gasteiger partial charge in [-0.15, -0.1) is 0 Å². The van der Waals surface area contributed by atoms with Gasteiger partial charge in [-0.05, 0) is 62.8 Å². The molecule has 0 radical (unpaired) electrons. The van der Waals surface area contributed by atoms with Crippen LogP contribution in [0.25, 0.3) is 0 Å². The Hall–Kier alpha value is -0.570. The summed E-state index contributed by atoms with van der Waals surface area (Å²) in [7, 11) is 2.03. The summed E-state index contributed by atoms with van der Waals surface area (Å²) < 4.78 is 0. The monoisotopic (exact) mass is 248 g/mol. The van der Waals surface area contributed by atoms with Crippen molar-refractivity contribution in [2.75, 3.05) is 20.1 Å². The smallest absolute Gasteiger partial charge is 0.226 e. The van der Waals surface area contributed by atoms with E-state index in [0.29, 0.717) is 17.9 Å². The Morgan fingerprint density at radius 3 is 2.22 bits per heavy atom. The first-order valence-corrected chi connectivity index (χ1v) is 7.75. The molecule has 100 valence electrons. The average molecular weight is 248 g/mol. The van der Waals surface area contributed by atoms with Crippen molar-refractivity contribution in [1.82, 2.24) is 10.2 Å². The van der Waals surface area contributed by atoms with Gasteiger partial charge in [-0.3, -0.25) is 4.79 Å². The maximum atomic E-state index is 12.6. The summed E-state index contributed by atoms with van der Waals surface area (Å²) in [5.74, 6) is 4.41. The zero-order valence-electron chi connectivity index (χ0n) is 11.3. The number of rotatable bonds is 2. The summed E-state index contributed by atoms with van der Waals surface area (Å²) in [6, 6.07) is 0.629. The van der Waals surface area contributed by atoms with Crippen LogP contribution in [0.15, 0.2) is 0 Å². The average Bonchev–Trinajstić information content (AvgIpc) is 2.85. The van der Waals surface area contributed by atoms with Gasteiger partial charge in [0.25, 0.3) is 0 Å². The van der Waals surface area contributed by atoms with Crippen molar-refractivity contribution < 1.29 is 4.79 Å². The summed E-state index contributed by atoms with van der Waals surface area (Å²) in [5.41, 5.74) is 0. The molecular weight excluding hydrogens is 224 g/mol. The molecule has 4 aliphatic rings. The molecule has 2 bridgehead atoms.